The minimum absolute atomic E-state index is 0.177. The number of carbonyl (C=O) groups is 2. The van der Waals surface area contributed by atoms with E-state index in [2.05, 4.69) is 5.32 Å². The molecule has 0 saturated heterocycles. The first-order valence-corrected chi connectivity index (χ1v) is 7.75. The summed E-state index contributed by atoms with van der Waals surface area (Å²) in [6.45, 7) is 1.44. The number of amides is 2. The van der Waals surface area contributed by atoms with Crippen molar-refractivity contribution < 1.29 is 27.5 Å². The lowest BCUT2D eigenvalue weighted by Gasteiger charge is -2.29. The van der Waals surface area contributed by atoms with Gasteiger partial charge in [-0.05, 0) is 48.9 Å². The molecule has 0 saturated carbocycles. The van der Waals surface area contributed by atoms with Crippen molar-refractivity contribution >= 4 is 23.2 Å². The van der Waals surface area contributed by atoms with Crippen LogP contribution in [0.2, 0.25) is 0 Å². The molecule has 1 aliphatic heterocycles. The molecule has 0 fully saturated rings. The first-order chi connectivity index (χ1) is 12.2. The molecule has 2 aromatic rings. The van der Waals surface area contributed by atoms with Gasteiger partial charge >= 0.3 is 6.18 Å². The third kappa shape index (κ3) is 3.79. The number of benzene rings is 2. The van der Waals surface area contributed by atoms with Gasteiger partial charge in [-0.1, -0.05) is 6.07 Å². The summed E-state index contributed by atoms with van der Waals surface area (Å²) >= 11 is 0. The number of anilines is 2. The van der Waals surface area contributed by atoms with E-state index in [4.69, 9.17) is 4.74 Å². The number of fused-ring (bicyclic) bond motifs is 1. The minimum atomic E-state index is -4.44. The van der Waals surface area contributed by atoms with Crippen LogP contribution in [0.1, 0.15) is 11.1 Å². The highest BCUT2D eigenvalue weighted by Gasteiger charge is 2.30. The number of alkyl halides is 3. The van der Waals surface area contributed by atoms with Gasteiger partial charge in [-0.2, -0.15) is 13.2 Å². The van der Waals surface area contributed by atoms with Gasteiger partial charge in [-0.3, -0.25) is 14.5 Å². The molecular formula is C18H15F3N2O3. The summed E-state index contributed by atoms with van der Waals surface area (Å²) < 4.78 is 43.0. The highest BCUT2D eigenvalue weighted by Crippen LogP contribution is 2.33. The smallest absolute Gasteiger partial charge is 0.416 e. The van der Waals surface area contributed by atoms with Gasteiger partial charge in [0.2, 0.25) is 5.91 Å². The van der Waals surface area contributed by atoms with E-state index in [9.17, 15) is 22.8 Å². The molecule has 26 heavy (non-hydrogen) atoms. The maximum Gasteiger partial charge on any atom is 0.416 e. The molecule has 0 aromatic heterocycles. The largest absolute Gasteiger partial charge is 0.482 e. The fraction of sp³-hybridized carbons (Fsp3) is 0.222. The highest BCUT2D eigenvalue weighted by molar-refractivity contribution is 6.05. The molecule has 2 aromatic carbocycles. The van der Waals surface area contributed by atoms with Gasteiger partial charge in [0.15, 0.2) is 6.61 Å². The molecule has 136 valence electrons. The van der Waals surface area contributed by atoms with E-state index in [0.717, 1.165) is 17.7 Å². The number of hydrogen-bond donors (Lipinski definition) is 1. The lowest BCUT2D eigenvalue weighted by molar-refractivity contribution is -0.137. The summed E-state index contributed by atoms with van der Waals surface area (Å²) in [5, 5.41) is 2.49. The van der Waals surface area contributed by atoms with Crippen LogP contribution in [-0.4, -0.2) is 25.0 Å². The highest BCUT2D eigenvalue weighted by atomic mass is 19.4. The molecule has 0 atom stereocenters. The molecule has 2 amide bonds. The average Bonchev–Trinajstić information content (AvgIpc) is 2.57. The first kappa shape index (κ1) is 17.8. The zero-order chi connectivity index (χ0) is 18.9. The molecule has 0 spiro atoms. The third-order valence-corrected chi connectivity index (χ3v) is 3.86. The van der Waals surface area contributed by atoms with Crippen molar-refractivity contribution in [2.45, 2.75) is 13.1 Å². The Labute approximate surface area is 147 Å². The number of nitrogens with one attached hydrogen (secondary N) is 1. The van der Waals surface area contributed by atoms with Gasteiger partial charge in [0, 0.05) is 5.69 Å². The Balaban J connectivity index is 1.71. The van der Waals surface area contributed by atoms with E-state index in [-0.39, 0.29) is 24.7 Å². The number of ether oxygens (including phenoxy) is 1. The standard InChI is InChI=1S/C18H15F3N2O3/c1-11-2-7-14-15(8-11)26-10-17(25)23(14)9-16(24)22-13-5-3-12(4-6-13)18(19,20)21/h2-8H,9-10H2,1H3,(H,22,24). The Bertz CT molecular complexity index is 848. The van der Waals surface area contributed by atoms with Crippen LogP contribution in [0, 0.1) is 6.92 Å². The van der Waals surface area contributed by atoms with E-state index < -0.39 is 17.6 Å². The summed E-state index contributed by atoms with van der Waals surface area (Å²) in [4.78, 5) is 25.6. The molecule has 1 N–H and O–H groups in total. The number of halogens is 3. The third-order valence-electron chi connectivity index (χ3n) is 3.86. The van der Waals surface area contributed by atoms with Crippen molar-refractivity contribution in [2.75, 3.05) is 23.4 Å². The maximum atomic E-state index is 12.6. The molecular weight excluding hydrogens is 349 g/mol. The van der Waals surface area contributed by atoms with E-state index >= 15 is 0 Å². The van der Waals surface area contributed by atoms with Gasteiger partial charge in [-0.15, -0.1) is 0 Å². The second-order valence-corrected chi connectivity index (χ2v) is 5.86. The predicted molar refractivity (Wildman–Crippen MR) is 89.1 cm³/mol. The molecule has 5 nitrogen and oxygen atoms in total. The lowest BCUT2D eigenvalue weighted by Crippen LogP contribution is -2.43. The molecule has 0 radical (unpaired) electrons. The van der Waals surface area contributed by atoms with Crippen molar-refractivity contribution in [1.82, 2.24) is 0 Å². The summed E-state index contributed by atoms with van der Waals surface area (Å²) in [7, 11) is 0. The lowest BCUT2D eigenvalue weighted by atomic mass is 10.1. The Morgan fingerprint density at radius 2 is 1.88 bits per heavy atom. The van der Waals surface area contributed by atoms with Gasteiger partial charge < -0.3 is 10.1 Å². The molecule has 3 rings (SSSR count). The predicted octanol–water partition coefficient (Wildman–Crippen LogP) is 3.38. The quantitative estimate of drug-likeness (QED) is 0.908. The van der Waals surface area contributed by atoms with Crippen LogP contribution in [0.3, 0.4) is 0 Å². The second kappa shape index (κ2) is 6.70. The summed E-state index contributed by atoms with van der Waals surface area (Å²) in [6.07, 6.45) is -4.44. The summed E-state index contributed by atoms with van der Waals surface area (Å²) in [5.41, 5.74) is 0.845. The zero-order valence-electron chi connectivity index (χ0n) is 13.8. The van der Waals surface area contributed by atoms with Crippen LogP contribution in [-0.2, 0) is 15.8 Å². The van der Waals surface area contributed by atoms with Crippen molar-refractivity contribution in [3.63, 3.8) is 0 Å². The zero-order valence-corrected chi connectivity index (χ0v) is 13.8. The Morgan fingerprint density at radius 3 is 2.54 bits per heavy atom. The summed E-state index contributed by atoms with van der Waals surface area (Å²) in [6, 6.07) is 9.34. The van der Waals surface area contributed by atoms with Crippen molar-refractivity contribution in [2.24, 2.45) is 0 Å². The van der Waals surface area contributed by atoms with E-state index in [1.54, 1.807) is 18.2 Å². The normalized spacial score (nSPS) is 13.8. The average molecular weight is 364 g/mol. The number of nitrogens with zero attached hydrogens (tertiary/aromatic N) is 1. The SMILES string of the molecule is Cc1ccc2c(c1)OCC(=O)N2CC(=O)Nc1ccc(C(F)(F)F)cc1. The van der Waals surface area contributed by atoms with Crippen molar-refractivity contribution in [3.8, 4) is 5.75 Å². The van der Waals surface area contributed by atoms with Gasteiger partial charge in [0.1, 0.15) is 12.3 Å². The fourth-order valence-corrected chi connectivity index (χ4v) is 2.57. The number of aryl methyl sites for hydroxylation is 1. The van der Waals surface area contributed by atoms with Crippen LogP contribution in [0.4, 0.5) is 24.5 Å². The van der Waals surface area contributed by atoms with Crippen molar-refractivity contribution in [1.29, 1.82) is 0 Å². The Hall–Kier alpha value is -3.03. The fourth-order valence-electron chi connectivity index (χ4n) is 2.57. The van der Waals surface area contributed by atoms with E-state index in [0.29, 0.717) is 11.4 Å². The number of rotatable bonds is 3. The number of hydrogen-bond acceptors (Lipinski definition) is 3. The van der Waals surface area contributed by atoms with Gasteiger partial charge in [0.05, 0.1) is 11.3 Å². The van der Waals surface area contributed by atoms with Gasteiger partial charge in [0.25, 0.3) is 5.91 Å². The van der Waals surface area contributed by atoms with E-state index in [1.165, 1.54) is 17.0 Å². The number of carbonyl (C=O) groups excluding carboxylic acids is 2. The van der Waals surface area contributed by atoms with Crippen LogP contribution in [0.5, 0.6) is 5.75 Å². The molecule has 1 aliphatic rings. The molecule has 8 heteroatoms. The maximum absolute atomic E-state index is 12.6. The van der Waals surface area contributed by atoms with E-state index in [1.807, 2.05) is 6.92 Å². The van der Waals surface area contributed by atoms with Crippen LogP contribution in [0.15, 0.2) is 42.5 Å². The van der Waals surface area contributed by atoms with Gasteiger partial charge in [-0.25, -0.2) is 0 Å². The second-order valence-electron chi connectivity index (χ2n) is 5.86. The van der Waals surface area contributed by atoms with Crippen LogP contribution >= 0.6 is 0 Å². The van der Waals surface area contributed by atoms with Crippen LogP contribution in [0.25, 0.3) is 0 Å². The Morgan fingerprint density at radius 1 is 1.19 bits per heavy atom. The topological polar surface area (TPSA) is 58.6 Å². The molecule has 0 bridgehead atoms. The molecule has 0 aliphatic carbocycles. The van der Waals surface area contributed by atoms with Crippen LogP contribution < -0.4 is 15.0 Å². The monoisotopic (exact) mass is 364 g/mol. The molecule has 1 heterocycles. The molecule has 0 unspecified atom stereocenters. The van der Waals surface area contributed by atoms with Crippen molar-refractivity contribution in [3.05, 3.63) is 53.6 Å². The minimum Gasteiger partial charge on any atom is -0.482 e. The Kier molecular flexibility index (Phi) is 4.58. The first-order valence-electron chi connectivity index (χ1n) is 7.75. The summed E-state index contributed by atoms with van der Waals surface area (Å²) in [5.74, 6) is -0.387.